The molecule has 0 amide bonds. The number of para-hydroxylation sites is 1. The molecule has 1 saturated carbocycles. The van der Waals surface area contributed by atoms with Crippen molar-refractivity contribution in [1.82, 2.24) is 0 Å². The summed E-state index contributed by atoms with van der Waals surface area (Å²) in [5.74, 6) is 0.814. The molecule has 5 heteroatoms. The largest absolute Gasteiger partial charge is 0.457 e. The summed E-state index contributed by atoms with van der Waals surface area (Å²) in [7, 11) is 2.37. The van der Waals surface area contributed by atoms with E-state index in [2.05, 4.69) is 204 Å². The maximum absolute atomic E-state index is 7.62. The Labute approximate surface area is 423 Å². The molecule has 2 unspecified atom stereocenters. The SMILES string of the molecule is CC1CC2[C@H]1B(c1cc3c(cc1N(C)c1ccc4c(c1)C(C)(C)CCC4(C)C)C(C)(C)CCC3(C)C)c1c(ccc3c1oc1cc4c(cc13)C(C)(C)CCC4(C)C)N2c1cccc2oc3ccccc3c12. The van der Waals surface area contributed by atoms with Gasteiger partial charge in [0.05, 0.1) is 11.1 Å². The molecule has 1 aliphatic heterocycles. The first-order valence-electron chi connectivity index (χ1n) is 27.3. The molecular formula is C66H75BN2O2. The number of furan rings is 2. The molecule has 4 aliphatic carbocycles. The number of benzene rings is 6. The van der Waals surface area contributed by atoms with Crippen molar-refractivity contribution in [3.63, 3.8) is 0 Å². The third-order valence-electron chi connectivity index (χ3n) is 20.2. The summed E-state index contributed by atoms with van der Waals surface area (Å²) in [6.45, 7) is 32.2. The van der Waals surface area contributed by atoms with Crippen LogP contribution in [0, 0.1) is 5.92 Å². The van der Waals surface area contributed by atoms with Crippen LogP contribution in [0.1, 0.15) is 168 Å². The van der Waals surface area contributed by atoms with Gasteiger partial charge in [0.25, 0.3) is 0 Å². The smallest absolute Gasteiger partial charge is 0.225 e. The van der Waals surface area contributed by atoms with Crippen LogP contribution in [0.3, 0.4) is 0 Å². The van der Waals surface area contributed by atoms with E-state index in [1.165, 1.54) is 127 Å². The van der Waals surface area contributed by atoms with Gasteiger partial charge in [-0.25, -0.2) is 0 Å². The van der Waals surface area contributed by atoms with Crippen LogP contribution >= 0.6 is 0 Å². The fourth-order valence-corrected chi connectivity index (χ4v) is 15.2. The molecule has 3 atom stereocenters. The Balaban J connectivity index is 1.12. The quantitative estimate of drug-likeness (QED) is 0.165. The van der Waals surface area contributed by atoms with Gasteiger partial charge in [0, 0.05) is 46.3 Å². The zero-order valence-electron chi connectivity index (χ0n) is 45.2. The molecule has 5 aliphatic rings. The summed E-state index contributed by atoms with van der Waals surface area (Å²) in [5.41, 5.74) is 21.3. The third kappa shape index (κ3) is 6.41. The lowest BCUT2D eigenvalue weighted by molar-refractivity contribution is 0.282. The molecule has 13 rings (SSSR count). The van der Waals surface area contributed by atoms with Gasteiger partial charge in [0.15, 0.2) is 0 Å². The lowest BCUT2D eigenvalue weighted by Gasteiger charge is -2.57. The highest BCUT2D eigenvalue weighted by Gasteiger charge is 2.56. The molecule has 0 saturated heterocycles. The van der Waals surface area contributed by atoms with Crippen molar-refractivity contribution in [2.24, 2.45) is 5.92 Å². The van der Waals surface area contributed by atoms with Gasteiger partial charge >= 0.3 is 0 Å². The topological polar surface area (TPSA) is 32.8 Å². The van der Waals surface area contributed by atoms with E-state index in [1.54, 1.807) is 0 Å². The van der Waals surface area contributed by atoms with Crippen LogP contribution < -0.4 is 20.7 Å². The molecular weight excluding hydrogens is 864 g/mol. The van der Waals surface area contributed by atoms with E-state index in [0.717, 1.165) is 28.8 Å². The van der Waals surface area contributed by atoms with Crippen LogP contribution in [0.15, 0.2) is 106 Å². The van der Waals surface area contributed by atoms with Crippen molar-refractivity contribution >= 4 is 84.3 Å². The van der Waals surface area contributed by atoms with Crippen molar-refractivity contribution in [1.29, 1.82) is 0 Å². The highest BCUT2D eigenvalue weighted by molar-refractivity contribution is 6.91. The summed E-state index contributed by atoms with van der Waals surface area (Å²) < 4.78 is 14.3. The van der Waals surface area contributed by atoms with E-state index in [1.807, 2.05) is 0 Å². The summed E-state index contributed by atoms with van der Waals surface area (Å²) in [4.78, 5) is 5.33. The molecule has 71 heavy (non-hydrogen) atoms. The monoisotopic (exact) mass is 939 g/mol. The molecule has 0 bridgehead atoms. The second kappa shape index (κ2) is 14.6. The highest BCUT2D eigenvalue weighted by Crippen LogP contribution is 2.57. The summed E-state index contributed by atoms with van der Waals surface area (Å²) in [5, 5.41) is 4.85. The van der Waals surface area contributed by atoms with Gasteiger partial charge in [-0.2, -0.15) is 0 Å². The molecule has 0 radical (unpaired) electrons. The molecule has 1 fully saturated rings. The Kier molecular flexibility index (Phi) is 9.37. The fourth-order valence-electron chi connectivity index (χ4n) is 15.2. The second-order valence-electron chi connectivity index (χ2n) is 27.4. The Morgan fingerprint density at radius 2 is 1.08 bits per heavy atom. The Hall–Kier alpha value is -5.42. The van der Waals surface area contributed by atoms with Crippen LogP contribution in [0.4, 0.5) is 22.7 Å². The number of hydrogen-bond donors (Lipinski definition) is 0. The minimum absolute atomic E-state index is 0.0360. The van der Waals surface area contributed by atoms with E-state index < -0.39 is 0 Å². The van der Waals surface area contributed by atoms with Gasteiger partial charge in [-0.3, -0.25) is 0 Å². The summed E-state index contributed by atoms with van der Waals surface area (Å²) in [6.07, 6.45) is 8.21. The first-order valence-corrected chi connectivity index (χ1v) is 27.3. The average molecular weight is 939 g/mol. The minimum Gasteiger partial charge on any atom is -0.457 e. The van der Waals surface area contributed by atoms with Crippen LogP contribution in [0.5, 0.6) is 0 Å². The van der Waals surface area contributed by atoms with E-state index in [9.17, 15) is 0 Å². The predicted molar refractivity (Wildman–Crippen MR) is 303 cm³/mol. The van der Waals surface area contributed by atoms with E-state index in [4.69, 9.17) is 8.83 Å². The minimum atomic E-state index is 0.0360. The number of hydrogen-bond acceptors (Lipinski definition) is 4. The standard InChI is InChI=1S/C66H75BN2O2/c1-38-32-53-58(38)67(49-35-46-47(65(10,11)30-29-64(46,8)9)36-52(49)68(14)39-22-24-43-44(33-39)62(4,5)27-26-61(43,2)3)59-51(69(53)50-19-17-21-55-57(50)41-18-15-16-20-54(41)70-55)25-23-40-42-34-45-48(37-56(42)71-60(40)59)66(12,13)31-28-63(45,6)7/h15-25,33-38,53,58H,26-32H2,1-14H3/t38?,53?,58-/m0/s1. The fraction of sp³-hybridized carbons (Fsp3) is 0.455. The second-order valence-corrected chi connectivity index (χ2v) is 27.4. The maximum Gasteiger partial charge on any atom is 0.225 e. The van der Waals surface area contributed by atoms with Crippen molar-refractivity contribution in [3.8, 4) is 0 Å². The Morgan fingerprint density at radius 3 is 1.75 bits per heavy atom. The van der Waals surface area contributed by atoms with Gasteiger partial charge in [0.2, 0.25) is 6.71 Å². The Morgan fingerprint density at radius 1 is 0.507 bits per heavy atom. The van der Waals surface area contributed by atoms with E-state index >= 15 is 0 Å². The normalized spacial score (nSPS) is 24.0. The zero-order valence-corrected chi connectivity index (χ0v) is 45.2. The van der Waals surface area contributed by atoms with Gasteiger partial charge in [-0.05, 0) is 189 Å². The predicted octanol–water partition coefficient (Wildman–Crippen LogP) is 16.8. The van der Waals surface area contributed by atoms with Crippen LogP contribution in [0.25, 0.3) is 43.9 Å². The molecule has 0 spiro atoms. The highest BCUT2D eigenvalue weighted by atomic mass is 16.3. The number of rotatable bonds is 4. The molecule has 0 N–H and O–H groups in total. The van der Waals surface area contributed by atoms with Crippen molar-refractivity contribution in [2.75, 3.05) is 16.8 Å². The Bertz CT molecular complexity index is 3560. The molecule has 2 aromatic heterocycles. The zero-order chi connectivity index (χ0) is 49.7. The molecule has 364 valence electrons. The van der Waals surface area contributed by atoms with Crippen molar-refractivity contribution in [3.05, 3.63) is 130 Å². The van der Waals surface area contributed by atoms with E-state index in [-0.39, 0.29) is 45.2 Å². The average Bonchev–Trinajstić information content (AvgIpc) is 3.90. The number of anilines is 4. The van der Waals surface area contributed by atoms with Crippen molar-refractivity contribution in [2.45, 2.75) is 179 Å². The number of fused-ring (bicyclic) bond motifs is 12. The van der Waals surface area contributed by atoms with Crippen LogP contribution in [-0.2, 0) is 32.5 Å². The van der Waals surface area contributed by atoms with Crippen molar-refractivity contribution < 1.29 is 8.83 Å². The van der Waals surface area contributed by atoms with Gasteiger partial charge in [-0.1, -0.05) is 132 Å². The van der Waals surface area contributed by atoms with Gasteiger partial charge < -0.3 is 18.6 Å². The van der Waals surface area contributed by atoms with Crippen LogP contribution in [0.2, 0.25) is 5.82 Å². The molecule has 8 aromatic rings. The maximum atomic E-state index is 7.62. The first kappa shape index (κ1) is 45.4. The molecule has 6 aromatic carbocycles. The molecule has 4 nitrogen and oxygen atoms in total. The van der Waals surface area contributed by atoms with E-state index in [0.29, 0.717) is 11.7 Å². The molecule has 3 heterocycles. The summed E-state index contributed by atoms with van der Waals surface area (Å²) >= 11 is 0. The van der Waals surface area contributed by atoms with Gasteiger partial charge in [0.1, 0.15) is 22.3 Å². The van der Waals surface area contributed by atoms with Gasteiger partial charge in [-0.15, -0.1) is 0 Å². The number of nitrogens with zero attached hydrogens (tertiary/aromatic N) is 2. The lowest BCUT2D eigenvalue weighted by atomic mass is 9.25. The first-order chi connectivity index (χ1) is 33.5. The summed E-state index contributed by atoms with van der Waals surface area (Å²) in [6, 6.07) is 38.4. The third-order valence-corrected chi connectivity index (χ3v) is 20.2. The van der Waals surface area contributed by atoms with Crippen LogP contribution in [-0.4, -0.2) is 19.8 Å². The lowest BCUT2D eigenvalue weighted by Crippen LogP contribution is -2.66.